The summed E-state index contributed by atoms with van der Waals surface area (Å²) in [7, 11) is 0. The van der Waals surface area contributed by atoms with Crippen molar-refractivity contribution in [1.29, 1.82) is 0 Å². The lowest BCUT2D eigenvalue weighted by Gasteiger charge is -2.21. The average molecular weight is 327 g/mol. The molecule has 0 spiro atoms. The molecule has 0 fully saturated rings. The van der Waals surface area contributed by atoms with Crippen molar-refractivity contribution in [3.8, 4) is 17.3 Å². The molecule has 2 rings (SSSR count). The van der Waals surface area contributed by atoms with E-state index in [9.17, 15) is 4.79 Å². The summed E-state index contributed by atoms with van der Waals surface area (Å²) in [5, 5.41) is 0. The summed E-state index contributed by atoms with van der Waals surface area (Å²) in [4.78, 5) is 23.0. The Balaban J connectivity index is 2.07. The standard InChI is InChI=1S/C19H25N3O2/c1-4-11-22(12-5-2)18(23)14-24-17-13-15(3)20-19(21-17)16-9-7-6-8-10-16/h6-10,13H,4-5,11-12,14H2,1-3H3. The number of nitrogens with zero attached hydrogens (tertiary/aromatic N) is 3. The van der Waals surface area contributed by atoms with Gasteiger partial charge in [-0.3, -0.25) is 4.79 Å². The molecule has 0 saturated carbocycles. The second-order valence-corrected chi connectivity index (χ2v) is 5.71. The van der Waals surface area contributed by atoms with Crippen LogP contribution in [0.25, 0.3) is 11.4 Å². The van der Waals surface area contributed by atoms with Crippen molar-refractivity contribution in [2.24, 2.45) is 0 Å². The number of amides is 1. The van der Waals surface area contributed by atoms with Crippen LogP contribution >= 0.6 is 0 Å². The third kappa shape index (κ3) is 5.05. The van der Waals surface area contributed by atoms with E-state index in [-0.39, 0.29) is 12.5 Å². The van der Waals surface area contributed by atoms with Gasteiger partial charge in [-0.05, 0) is 19.8 Å². The predicted molar refractivity (Wildman–Crippen MR) is 94.9 cm³/mol. The normalized spacial score (nSPS) is 10.5. The lowest BCUT2D eigenvalue weighted by atomic mass is 10.2. The summed E-state index contributed by atoms with van der Waals surface area (Å²) in [6.07, 6.45) is 1.88. The molecule has 0 saturated heterocycles. The van der Waals surface area contributed by atoms with Gasteiger partial charge in [-0.25, -0.2) is 4.98 Å². The molecule has 1 heterocycles. The van der Waals surface area contributed by atoms with Crippen molar-refractivity contribution in [3.05, 3.63) is 42.1 Å². The Hall–Kier alpha value is -2.43. The fourth-order valence-corrected chi connectivity index (χ4v) is 2.46. The average Bonchev–Trinajstić information content (AvgIpc) is 2.60. The van der Waals surface area contributed by atoms with E-state index in [0.29, 0.717) is 11.7 Å². The third-order valence-electron chi connectivity index (χ3n) is 3.55. The molecule has 128 valence electrons. The van der Waals surface area contributed by atoms with Gasteiger partial charge in [0.15, 0.2) is 12.4 Å². The van der Waals surface area contributed by atoms with E-state index in [1.807, 2.05) is 42.2 Å². The molecule has 1 aromatic carbocycles. The van der Waals surface area contributed by atoms with Crippen LogP contribution in [0.4, 0.5) is 0 Å². The molecule has 0 aliphatic rings. The minimum absolute atomic E-state index is 0.00349. The van der Waals surface area contributed by atoms with Gasteiger partial charge in [0.1, 0.15) is 0 Å². The molecular weight excluding hydrogens is 302 g/mol. The Morgan fingerprint density at radius 1 is 1.08 bits per heavy atom. The third-order valence-corrected chi connectivity index (χ3v) is 3.55. The van der Waals surface area contributed by atoms with E-state index in [2.05, 4.69) is 23.8 Å². The number of carbonyl (C=O) groups is 1. The first-order valence-corrected chi connectivity index (χ1v) is 8.45. The van der Waals surface area contributed by atoms with E-state index in [1.165, 1.54) is 0 Å². The van der Waals surface area contributed by atoms with Crippen LogP contribution in [0.15, 0.2) is 36.4 Å². The van der Waals surface area contributed by atoms with E-state index < -0.39 is 0 Å². The largest absolute Gasteiger partial charge is 0.467 e. The minimum atomic E-state index is -0.00349. The lowest BCUT2D eigenvalue weighted by Crippen LogP contribution is -2.36. The van der Waals surface area contributed by atoms with Gasteiger partial charge < -0.3 is 9.64 Å². The number of aryl methyl sites for hydroxylation is 1. The molecular formula is C19H25N3O2. The molecule has 0 radical (unpaired) electrons. The summed E-state index contributed by atoms with van der Waals surface area (Å²) in [6, 6.07) is 11.5. The molecule has 0 aliphatic heterocycles. The van der Waals surface area contributed by atoms with Gasteiger partial charge in [0.25, 0.3) is 5.91 Å². The Morgan fingerprint density at radius 2 is 1.75 bits per heavy atom. The van der Waals surface area contributed by atoms with Crippen LogP contribution in [-0.2, 0) is 4.79 Å². The number of ether oxygens (including phenoxy) is 1. The highest BCUT2D eigenvalue weighted by atomic mass is 16.5. The first kappa shape index (κ1) is 17.9. The predicted octanol–water partition coefficient (Wildman–Crippen LogP) is 3.48. The quantitative estimate of drug-likeness (QED) is 0.745. The molecule has 0 unspecified atom stereocenters. The molecule has 2 aromatic rings. The lowest BCUT2D eigenvalue weighted by molar-refractivity contribution is -0.133. The van der Waals surface area contributed by atoms with Crippen LogP contribution in [0.1, 0.15) is 32.4 Å². The maximum Gasteiger partial charge on any atom is 0.260 e. The Bertz CT molecular complexity index is 653. The van der Waals surface area contributed by atoms with Crippen LogP contribution in [0, 0.1) is 6.92 Å². The van der Waals surface area contributed by atoms with Gasteiger partial charge in [0.2, 0.25) is 5.88 Å². The van der Waals surface area contributed by atoms with Crippen molar-refractivity contribution in [1.82, 2.24) is 14.9 Å². The second kappa shape index (κ2) is 9.01. The summed E-state index contributed by atoms with van der Waals surface area (Å²) < 4.78 is 5.64. The van der Waals surface area contributed by atoms with Crippen molar-refractivity contribution >= 4 is 5.91 Å². The van der Waals surface area contributed by atoms with Crippen LogP contribution in [0.3, 0.4) is 0 Å². The zero-order valence-corrected chi connectivity index (χ0v) is 14.7. The number of carbonyl (C=O) groups excluding carboxylic acids is 1. The molecule has 0 bridgehead atoms. The zero-order valence-electron chi connectivity index (χ0n) is 14.7. The molecule has 24 heavy (non-hydrogen) atoms. The first-order chi connectivity index (χ1) is 11.6. The molecule has 1 amide bonds. The Morgan fingerprint density at radius 3 is 2.38 bits per heavy atom. The smallest absolute Gasteiger partial charge is 0.260 e. The van der Waals surface area contributed by atoms with Crippen molar-refractivity contribution < 1.29 is 9.53 Å². The van der Waals surface area contributed by atoms with Crippen molar-refractivity contribution in [3.63, 3.8) is 0 Å². The summed E-state index contributed by atoms with van der Waals surface area (Å²) >= 11 is 0. The molecule has 5 heteroatoms. The Labute approximate surface area is 143 Å². The van der Waals surface area contributed by atoms with Gasteiger partial charge in [0.05, 0.1) is 0 Å². The molecule has 0 aliphatic carbocycles. The summed E-state index contributed by atoms with van der Waals surface area (Å²) in [6.45, 7) is 7.55. The zero-order chi connectivity index (χ0) is 17.4. The highest BCUT2D eigenvalue weighted by Gasteiger charge is 2.13. The van der Waals surface area contributed by atoms with Crippen molar-refractivity contribution in [2.45, 2.75) is 33.6 Å². The topological polar surface area (TPSA) is 55.3 Å². The van der Waals surface area contributed by atoms with E-state index in [4.69, 9.17) is 4.74 Å². The van der Waals surface area contributed by atoms with Gasteiger partial charge in [-0.1, -0.05) is 44.2 Å². The van der Waals surface area contributed by atoms with Gasteiger partial charge in [0, 0.05) is 30.4 Å². The van der Waals surface area contributed by atoms with Crippen LogP contribution in [-0.4, -0.2) is 40.5 Å². The molecule has 5 nitrogen and oxygen atoms in total. The minimum Gasteiger partial charge on any atom is -0.467 e. The maximum atomic E-state index is 12.3. The molecule has 0 atom stereocenters. The van der Waals surface area contributed by atoms with Gasteiger partial charge >= 0.3 is 0 Å². The van der Waals surface area contributed by atoms with Crippen molar-refractivity contribution in [2.75, 3.05) is 19.7 Å². The SMILES string of the molecule is CCCN(CCC)C(=O)COc1cc(C)nc(-c2ccccc2)n1. The number of rotatable bonds is 8. The molecule has 1 aromatic heterocycles. The molecule has 0 N–H and O–H groups in total. The monoisotopic (exact) mass is 327 g/mol. The highest BCUT2D eigenvalue weighted by Crippen LogP contribution is 2.18. The fraction of sp³-hybridized carbons (Fsp3) is 0.421. The number of aromatic nitrogens is 2. The summed E-state index contributed by atoms with van der Waals surface area (Å²) in [5.74, 6) is 1.04. The van der Waals surface area contributed by atoms with E-state index in [1.54, 1.807) is 6.07 Å². The number of hydrogen-bond donors (Lipinski definition) is 0. The van der Waals surface area contributed by atoms with Crippen LogP contribution < -0.4 is 4.74 Å². The highest BCUT2D eigenvalue weighted by molar-refractivity contribution is 5.77. The van der Waals surface area contributed by atoms with E-state index in [0.717, 1.165) is 37.2 Å². The van der Waals surface area contributed by atoms with Crippen LogP contribution in [0.5, 0.6) is 5.88 Å². The first-order valence-electron chi connectivity index (χ1n) is 8.45. The van der Waals surface area contributed by atoms with Gasteiger partial charge in [-0.15, -0.1) is 0 Å². The van der Waals surface area contributed by atoms with Gasteiger partial charge in [-0.2, -0.15) is 4.98 Å². The summed E-state index contributed by atoms with van der Waals surface area (Å²) in [5.41, 5.74) is 1.74. The maximum absolute atomic E-state index is 12.3. The Kier molecular flexibility index (Phi) is 6.73. The second-order valence-electron chi connectivity index (χ2n) is 5.71. The number of hydrogen-bond acceptors (Lipinski definition) is 4. The number of benzene rings is 1. The van der Waals surface area contributed by atoms with Crippen LogP contribution in [0.2, 0.25) is 0 Å². The van der Waals surface area contributed by atoms with E-state index >= 15 is 0 Å². The fourth-order valence-electron chi connectivity index (χ4n) is 2.46.